The Labute approximate surface area is 196 Å². The quantitative estimate of drug-likeness (QED) is 0.439. The van der Waals surface area contributed by atoms with Gasteiger partial charge in [-0.25, -0.2) is 0 Å². The molecule has 5 rings (SSSR count). The smallest absolute Gasteiger partial charge is 0.259 e. The van der Waals surface area contributed by atoms with Crippen molar-refractivity contribution in [1.29, 1.82) is 0 Å². The third-order valence-corrected chi connectivity index (χ3v) is 5.48. The van der Waals surface area contributed by atoms with Crippen molar-refractivity contribution in [3.05, 3.63) is 54.4 Å². The van der Waals surface area contributed by atoms with Crippen LogP contribution in [0.4, 0.5) is 17.6 Å². The molecule has 1 aliphatic rings. The van der Waals surface area contributed by atoms with Gasteiger partial charge in [-0.2, -0.15) is 19.9 Å². The molecular weight excluding hydrogens is 434 g/mol. The fraction of sp³-hybridized carbons (Fsp3) is 0.304. The molecule has 1 aliphatic heterocycles. The van der Waals surface area contributed by atoms with Gasteiger partial charge in [0.05, 0.1) is 24.5 Å². The molecule has 11 heteroatoms. The van der Waals surface area contributed by atoms with Crippen LogP contribution in [0.25, 0.3) is 23.1 Å². The van der Waals surface area contributed by atoms with Crippen LogP contribution >= 0.6 is 0 Å². The molecule has 0 spiro atoms. The number of morpholine rings is 1. The summed E-state index contributed by atoms with van der Waals surface area (Å²) < 4.78 is 10.9. The average molecular weight is 460 g/mol. The molecule has 34 heavy (non-hydrogen) atoms. The number of para-hydroxylation sites is 1. The second-order valence-corrected chi connectivity index (χ2v) is 7.78. The lowest BCUT2D eigenvalue weighted by atomic mass is 10.2. The summed E-state index contributed by atoms with van der Waals surface area (Å²) in [5.74, 6) is 1.80. The zero-order valence-corrected chi connectivity index (χ0v) is 19.0. The third kappa shape index (κ3) is 4.85. The fourth-order valence-electron chi connectivity index (χ4n) is 3.56. The number of ether oxygens (including phenoxy) is 1. The molecule has 4 aromatic rings. The van der Waals surface area contributed by atoms with Gasteiger partial charge in [0.25, 0.3) is 5.89 Å². The molecule has 0 aliphatic carbocycles. The van der Waals surface area contributed by atoms with Crippen LogP contribution in [0, 0.1) is 0 Å². The van der Waals surface area contributed by atoms with Crippen molar-refractivity contribution < 1.29 is 9.26 Å². The Kier molecular flexibility index (Phi) is 6.36. The van der Waals surface area contributed by atoms with Crippen molar-refractivity contribution in [2.45, 2.75) is 6.54 Å². The van der Waals surface area contributed by atoms with Crippen molar-refractivity contribution >= 4 is 17.6 Å². The van der Waals surface area contributed by atoms with Gasteiger partial charge in [-0.05, 0) is 24.3 Å². The van der Waals surface area contributed by atoms with Gasteiger partial charge in [-0.15, -0.1) is 0 Å². The average Bonchev–Trinajstić information content (AvgIpc) is 3.40. The molecule has 0 radical (unpaired) electrons. The van der Waals surface area contributed by atoms with Crippen LogP contribution in [0.1, 0.15) is 5.69 Å². The number of hydrogen-bond donors (Lipinski definition) is 1. The molecule has 0 saturated carbocycles. The molecule has 1 saturated heterocycles. The highest BCUT2D eigenvalue weighted by Gasteiger charge is 2.18. The minimum absolute atomic E-state index is 0.272. The predicted molar refractivity (Wildman–Crippen MR) is 126 cm³/mol. The van der Waals surface area contributed by atoms with Crippen LogP contribution in [0.15, 0.2) is 53.2 Å². The SMILES string of the molecule is CNc1nc(-c2noc(-c3ccc(CN4CCOCC4)nc3)n2)nc(N(C)c2ccccc2)n1. The van der Waals surface area contributed by atoms with Crippen molar-refractivity contribution in [2.75, 3.05) is 50.6 Å². The van der Waals surface area contributed by atoms with E-state index in [0.29, 0.717) is 23.6 Å². The Morgan fingerprint density at radius 3 is 2.53 bits per heavy atom. The van der Waals surface area contributed by atoms with Crippen molar-refractivity contribution in [1.82, 2.24) is 35.0 Å². The highest BCUT2D eigenvalue weighted by atomic mass is 16.5. The highest BCUT2D eigenvalue weighted by molar-refractivity contribution is 5.60. The lowest BCUT2D eigenvalue weighted by Gasteiger charge is -2.26. The molecule has 1 aromatic carbocycles. The summed E-state index contributed by atoms with van der Waals surface area (Å²) in [7, 11) is 3.64. The number of nitrogens with one attached hydrogen (secondary N) is 1. The molecule has 11 nitrogen and oxygen atoms in total. The summed E-state index contributed by atoms with van der Waals surface area (Å²) in [6, 6.07) is 13.7. The predicted octanol–water partition coefficient (Wildman–Crippen LogP) is 2.63. The molecule has 174 valence electrons. The normalized spacial score (nSPS) is 14.2. The molecule has 4 heterocycles. The molecular formula is C23H25N9O2. The van der Waals surface area contributed by atoms with E-state index in [1.54, 1.807) is 13.2 Å². The van der Waals surface area contributed by atoms with E-state index in [1.165, 1.54) is 0 Å². The summed E-state index contributed by atoms with van der Waals surface area (Å²) in [5.41, 5.74) is 2.66. The lowest BCUT2D eigenvalue weighted by molar-refractivity contribution is 0.0336. The van der Waals surface area contributed by atoms with Crippen molar-refractivity contribution in [3.8, 4) is 23.1 Å². The molecule has 0 atom stereocenters. The first-order valence-electron chi connectivity index (χ1n) is 11.0. The Morgan fingerprint density at radius 1 is 0.971 bits per heavy atom. The maximum absolute atomic E-state index is 5.49. The first kappa shape index (κ1) is 21.9. The number of benzene rings is 1. The Hall–Kier alpha value is -3.96. The van der Waals surface area contributed by atoms with E-state index in [-0.39, 0.29) is 5.82 Å². The number of pyridine rings is 1. The zero-order valence-electron chi connectivity index (χ0n) is 19.0. The van der Waals surface area contributed by atoms with E-state index in [2.05, 4.69) is 40.3 Å². The van der Waals surface area contributed by atoms with Crippen LogP contribution < -0.4 is 10.2 Å². The maximum atomic E-state index is 5.49. The van der Waals surface area contributed by atoms with Crippen LogP contribution in [0.3, 0.4) is 0 Å². The zero-order chi connectivity index (χ0) is 23.3. The molecule has 0 bridgehead atoms. The number of hydrogen-bond acceptors (Lipinski definition) is 11. The van der Waals surface area contributed by atoms with Crippen LogP contribution in [0.5, 0.6) is 0 Å². The summed E-state index contributed by atoms with van der Waals surface area (Å²) in [5, 5.41) is 7.06. The Morgan fingerprint density at radius 2 is 1.79 bits per heavy atom. The maximum Gasteiger partial charge on any atom is 0.259 e. The molecule has 0 amide bonds. The lowest BCUT2D eigenvalue weighted by Crippen LogP contribution is -2.35. The summed E-state index contributed by atoms with van der Waals surface area (Å²) >= 11 is 0. The topological polar surface area (TPSA) is 118 Å². The summed E-state index contributed by atoms with van der Waals surface area (Å²) in [4.78, 5) is 26.7. The largest absolute Gasteiger partial charge is 0.379 e. The second kappa shape index (κ2) is 9.89. The first-order valence-corrected chi connectivity index (χ1v) is 11.0. The van der Waals surface area contributed by atoms with Gasteiger partial charge in [0.1, 0.15) is 0 Å². The number of aromatic nitrogens is 6. The third-order valence-electron chi connectivity index (χ3n) is 5.48. The van der Waals surface area contributed by atoms with E-state index in [9.17, 15) is 0 Å². The van der Waals surface area contributed by atoms with E-state index in [1.807, 2.05) is 54.4 Å². The van der Waals surface area contributed by atoms with E-state index < -0.39 is 0 Å². The van der Waals surface area contributed by atoms with Gasteiger partial charge < -0.3 is 19.5 Å². The Bertz CT molecular complexity index is 1220. The van der Waals surface area contributed by atoms with E-state index in [0.717, 1.165) is 49.8 Å². The number of rotatable bonds is 7. The van der Waals surface area contributed by atoms with Crippen molar-refractivity contribution in [2.24, 2.45) is 0 Å². The summed E-state index contributed by atoms with van der Waals surface area (Å²) in [6.07, 6.45) is 1.74. The summed E-state index contributed by atoms with van der Waals surface area (Å²) in [6.45, 7) is 4.14. The van der Waals surface area contributed by atoms with Gasteiger partial charge in [-0.1, -0.05) is 23.4 Å². The molecule has 1 N–H and O–H groups in total. The van der Waals surface area contributed by atoms with Crippen LogP contribution in [-0.2, 0) is 11.3 Å². The van der Waals surface area contributed by atoms with Gasteiger partial charge >= 0.3 is 0 Å². The minimum atomic E-state index is 0.272. The van der Waals surface area contributed by atoms with Crippen molar-refractivity contribution in [3.63, 3.8) is 0 Å². The Balaban J connectivity index is 1.36. The van der Waals surface area contributed by atoms with Gasteiger partial charge in [0.2, 0.25) is 23.5 Å². The first-order chi connectivity index (χ1) is 16.7. The molecule has 1 fully saturated rings. The molecule has 3 aromatic heterocycles. The van der Waals surface area contributed by atoms with Crippen LogP contribution in [-0.4, -0.2) is 75.4 Å². The fourth-order valence-corrected chi connectivity index (χ4v) is 3.56. The standard InChI is InChI=1S/C23H25N9O2/c1-24-22-27-19(28-23(29-22)31(2)18-6-4-3-5-7-18)20-26-21(34-30-20)16-8-9-17(25-14-16)15-32-10-12-33-13-11-32/h3-9,14H,10-13,15H2,1-2H3,(H,24,27,28,29). The molecule has 0 unspecified atom stereocenters. The monoisotopic (exact) mass is 459 g/mol. The number of anilines is 3. The van der Waals surface area contributed by atoms with Gasteiger partial charge in [-0.3, -0.25) is 9.88 Å². The number of nitrogens with zero attached hydrogens (tertiary/aromatic N) is 8. The minimum Gasteiger partial charge on any atom is -0.379 e. The van der Waals surface area contributed by atoms with E-state index >= 15 is 0 Å². The van der Waals surface area contributed by atoms with Gasteiger partial charge in [0.15, 0.2) is 0 Å². The highest BCUT2D eigenvalue weighted by Crippen LogP contribution is 2.24. The van der Waals surface area contributed by atoms with E-state index in [4.69, 9.17) is 9.26 Å². The van der Waals surface area contributed by atoms with Crippen LogP contribution in [0.2, 0.25) is 0 Å². The van der Waals surface area contributed by atoms with Gasteiger partial charge in [0, 0.05) is 45.6 Å². The second-order valence-electron chi connectivity index (χ2n) is 7.78.